The second-order valence-corrected chi connectivity index (χ2v) is 12.8. The summed E-state index contributed by atoms with van der Waals surface area (Å²) in [4.78, 5) is 36.1. The van der Waals surface area contributed by atoms with Crippen molar-refractivity contribution >= 4 is 128 Å². The minimum absolute atomic E-state index is 0.0533. The van der Waals surface area contributed by atoms with Crippen molar-refractivity contribution in [1.29, 1.82) is 0 Å². The van der Waals surface area contributed by atoms with Crippen LogP contribution >= 0.6 is 92.8 Å². The number of hydrogen-bond donors (Lipinski definition) is 3. The van der Waals surface area contributed by atoms with E-state index in [1.54, 1.807) is 0 Å². The van der Waals surface area contributed by atoms with Crippen molar-refractivity contribution < 1.29 is 23.2 Å². The van der Waals surface area contributed by atoms with Gasteiger partial charge < -0.3 is 16.0 Å². The van der Waals surface area contributed by atoms with Crippen LogP contribution in [0.15, 0.2) is 42.5 Å². The molecule has 0 radical (unpaired) electrons. The zero-order chi connectivity index (χ0) is 30.4. The quantitative estimate of drug-likeness (QED) is 0.168. The van der Waals surface area contributed by atoms with Gasteiger partial charge in [0.05, 0.1) is 37.3 Å². The van der Waals surface area contributed by atoms with Gasteiger partial charge in [0.2, 0.25) is 5.91 Å². The molecule has 1 saturated carbocycles. The zero-order valence-corrected chi connectivity index (χ0v) is 25.8. The summed E-state index contributed by atoms with van der Waals surface area (Å²) in [6.45, 7) is 0. The highest BCUT2D eigenvalue weighted by Crippen LogP contribution is 2.65. The van der Waals surface area contributed by atoms with E-state index in [9.17, 15) is 23.2 Å². The Labute approximate surface area is 271 Å². The Hall–Kier alpha value is -1.75. The van der Waals surface area contributed by atoms with Crippen molar-refractivity contribution in [3.05, 3.63) is 85.3 Å². The number of rotatable bonds is 7. The summed E-state index contributed by atoms with van der Waals surface area (Å²) in [7, 11) is 0. The predicted molar refractivity (Wildman–Crippen MR) is 161 cm³/mol. The first-order valence-corrected chi connectivity index (χ1v) is 14.3. The summed E-state index contributed by atoms with van der Waals surface area (Å²) in [5, 5.41) is 7.15. The topological polar surface area (TPSA) is 87.3 Å². The second-order valence-electron chi connectivity index (χ2n) is 8.64. The molecule has 2 atom stereocenters. The lowest BCUT2D eigenvalue weighted by molar-refractivity contribution is -0.117. The van der Waals surface area contributed by atoms with Gasteiger partial charge in [0.15, 0.2) is 10.7 Å². The minimum Gasteiger partial charge on any atom is -0.326 e. The molecule has 3 aromatic carbocycles. The van der Waals surface area contributed by atoms with Gasteiger partial charge >= 0.3 is 0 Å². The molecule has 0 heterocycles. The molecule has 3 amide bonds. The number of hydrogen-bond acceptors (Lipinski definition) is 3. The van der Waals surface area contributed by atoms with E-state index >= 15 is 0 Å². The molecule has 3 N–H and O–H groups in total. The molecule has 0 saturated heterocycles. The van der Waals surface area contributed by atoms with Crippen molar-refractivity contribution in [2.45, 2.75) is 15.1 Å². The molecular formula is C25H13Cl8F2N3O3. The largest absolute Gasteiger partial charge is 0.326 e. The molecule has 6 nitrogen and oxygen atoms in total. The first kappa shape index (κ1) is 32.2. The van der Waals surface area contributed by atoms with Crippen LogP contribution < -0.4 is 16.0 Å². The Bertz CT molecular complexity index is 1560. The molecule has 0 aromatic heterocycles. The van der Waals surface area contributed by atoms with Gasteiger partial charge in [-0.15, -0.1) is 23.2 Å². The molecule has 0 spiro atoms. The number of anilines is 3. The molecule has 1 aliphatic carbocycles. The van der Waals surface area contributed by atoms with Gasteiger partial charge in [-0.1, -0.05) is 69.6 Å². The second kappa shape index (κ2) is 12.5. The predicted octanol–water partition coefficient (Wildman–Crippen LogP) is 9.10. The number of amides is 3. The van der Waals surface area contributed by atoms with Crippen LogP contribution in [0.25, 0.3) is 0 Å². The van der Waals surface area contributed by atoms with Crippen LogP contribution in [0.4, 0.5) is 25.8 Å². The zero-order valence-electron chi connectivity index (χ0n) is 19.8. The normalized spacial score (nSPS) is 17.2. The Morgan fingerprint density at radius 1 is 0.829 bits per heavy atom. The molecule has 16 heteroatoms. The number of carbonyl (C=O) groups is 3. The van der Waals surface area contributed by atoms with Gasteiger partial charge in [-0.2, -0.15) is 0 Å². The number of carbonyl (C=O) groups excluding carboxylic acids is 3. The summed E-state index contributed by atoms with van der Waals surface area (Å²) in [5.41, 5.74) is -0.913. The minimum atomic E-state index is -1.60. The summed E-state index contributed by atoms with van der Waals surface area (Å²) in [5.74, 6) is -6.62. The molecule has 1 unspecified atom stereocenters. The van der Waals surface area contributed by atoms with E-state index in [4.69, 9.17) is 92.8 Å². The SMILES string of the molecule is O=C(Nc1ccc(F)c(NC(=O)C(Cl)Cl)c1F)c1cc(NC(=O)[C@H]2C(c3cc(Cl)c(Cl)c(Cl)c3)C2(Cl)Cl)ccc1Cl. The molecule has 3 aromatic rings. The van der Waals surface area contributed by atoms with Gasteiger partial charge in [0, 0.05) is 11.6 Å². The number of nitrogens with one attached hydrogen (secondary N) is 3. The van der Waals surface area contributed by atoms with E-state index in [1.807, 2.05) is 5.32 Å². The maximum absolute atomic E-state index is 14.9. The van der Waals surface area contributed by atoms with Crippen LogP contribution in [-0.4, -0.2) is 26.9 Å². The van der Waals surface area contributed by atoms with Gasteiger partial charge in [-0.05, 0) is 48.0 Å². The standard InChI is InChI=1S/C25H13Cl8F2N3O3/c26-11-2-1-9(36-23(40)17-16(25(17,32)33)8-5-12(27)18(29)13(28)6-8)7-10(11)22(39)37-15-4-3-14(34)20(19(15)35)38-24(41)21(30)31/h1-7,16-17,21H,(H,36,40)(H,37,39)(H,38,41)/t16?,17-/m1/s1. The summed E-state index contributed by atoms with van der Waals surface area (Å²) >= 11 is 48.0. The van der Waals surface area contributed by atoms with E-state index in [0.717, 1.165) is 12.1 Å². The lowest BCUT2D eigenvalue weighted by Crippen LogP contribution is -2.21. The fourth-order valence-electron chi connectivity index (χ4n) is 3.95. The lowest BCUT2D eigenvalue weighted by Gasteiger charge is -2.13. The average Bonchev–Trinajstić information content (AvgIpc) is 3.49. The van der Waals surface area contributed by atoms with Crippen LogP contribution in [0.5, 0.6) is 0 Å². The van der Waals surface area contributed by atoms with Gasteiger partial charge in [-0.3, -0.25) is 14.4 Å². The first-order chi connectivity index (χ1) is 19.1. The lowest BCUT2D eigenvalue weighted by atomic mass is 10.1. The fourth-order valence-corrected chi connectivity index (χ4v) is 5.70. The van der Waals surface area contributed by atoms with Crippen molar-refractivity contribution in [3.8, 4) is 0 Å². The maximum Gasteiger partial charge on any atom is 0.257 e. The smallest absolute Gasteiger partial charge is 0.257 e. The molecule has 0 bridgehead atoms. The van der Waals surface area contributed by atoms with Crippen LogP contribution in [0.3, 0.4) is 0 Å². The van der Waals surface area contributed by atoms with E-state index in [0.29, 0.717) is 5.56 Å². The Morgan fingerprint density at radius 3 is 2.07 bits per heavy atom. The summed E-state index contributed by atoms with van der Waals surface area (Å²) < 4.78 is 27.5. The average molecular weight is 725 g/mol. The van der Waals surface area contributed by atoms with Gasteiger partial charge in [0.25, 0.3) is 11.8 Å². The van der Waals surface area contributed by atoms with Crippen LogP contribution in [0.1, 0.15) is 21.8 Å². The highest BCUT2D eigenvalue weighted by atomic mass is 35.5. The highest BCUT2D eigenvalue weighted by molar-refractivity contribution is 6.55. The van der Waals surface area contributed by atoms with E-state index < -0.39 is 61.7 Å². The summed E-state index contributed by atoms with van der Waals surface area (Å²) in [6, 6.07) is 8.71. The van der Waals surface area contributed by atoms with Crippen molar-refractivity contribution in [1.82, 2.24) is 0 Å². The molecule has 4 rings (SSSR count). The van der Waals surface area contributed by atoms with E-state index in [-0.39, 0.29) is 31.3 Å². The van der Waals surface area contributed by atoms with Gasteiger partial charge in [-0.25, -0.2) is 8.78 Å². The number of alkyl halides is 4. The van der Waals surface area contributed by atoms with Crippen LogP contribution in [0, 0.1) is 17.6 Å². The van der Waals surface area contributed by atoms with E-state index in [1.165, 1.54) is 30.3 Å². The van der Waals surface area contributed by atoms with Crippen molar-refractivity contribution in [2.24, 2.45) is 5.92 Å². The Balaban J connectivity index is 1.52. The molecule has 1 aliphatic rings. The molecule has 216 valence electrons. The molecule has 0 aliphatic heterocycles. The van der Waals surface area contributed by atoms with Gasteiger partial charge in [0.1, 0.15) is 15.8 Å². The fraction of sp³-hybridized carbons (Fsp3) is 0.160. The Morgan fingerprint density at radius 2 is 1.46 bits per heavy atom. The monoisotopic (exact) mass is 721 g/mol. The van der Waals surface area contributed by atoms with Crippen LogP contribution in [0.2, 0.25) is 20.1 Å². The Kier molecular flexibility index (Phi) is 9.78. The van der Waals surface area contributed by atoms with E-state index in [2.05, 4.69) is 10.6 Å². The number of benzene rings is 3. The molecule has 1 fully saturated rings. The molecule has 41 heavy (non-hydrogen) atoms. The maximum atomic E-state index is 14.9. The first-order valence-electron chi connectivity index (χ1n) is 11.1. The third-order valence-electron chi connectivity index (χ3n) is 5.97. The summed E-state index contributed by atoms with van der Waals surface area (Å²) in [6.07, 6.45) is 0. The molecular weight excluding hydrogens is 712 g/mol. The highest BCUT2D eigenvalue weighted by Gasteiger charge is 2.67. The third kappa shape index (κ3) is 6.76. The van der Waals surface area contributed by atoms with Crippen LogP contribution in [-0.2, 0) is 9.59 Å². The van der Waals surface area contributed by atoms with Crippen molar-refractivity contribution in [3.63, 3.8) is 0 Å². The third-order valence-corrected chi connectivity index (χ3v) is 8.83. The number of halogens is 10. The van der Waals surface area contributed by atoms with Crippen molar-refractivity contribution in [2.75, 3.05) is 16.0 Å².